The summed E-state index contributed by atoms with van der Waals surface area (Å²) in [5, 5.41) is 19.5. The molecule has 21 heavy (non-hydrogen) atoms. The Morgan fingerprint density at radius 3 is 1.43 bits per heavy atom. The number of aliphatic carboxylic acids is 2. The lowest BCUT2D eigenvalue weighted by Gasteiger charge is -2.33. The predicted octanol–water partition coefficient (Wildman–Crippen LogP) is 4.47. The van der Waals surface area contributed by atoms with Gasteiger partial charge in [-0.1, -0.05) is 71.5 Å². The molecule has 4 nitrogen and oxygen atoms in total. The first kappa shape index (κ1) is 19.9. The second-order valence-corrected chi connectivity index (χ2v) is 10.3. The monoisotopic (exact) mass is 314 g/mol. The van der Waals surface area contributed by atoms with Gasteiger partial charge in [0.25, 0.3) is 0 Å². The zero-order chi connectivity index (χ0) is 16.5. The minimum atomic E-state index is -2.25. The molecule has 0 aliphatic heterocycles. The molecule has 122 valence electrons. The normalized spacial score (nSPS) is 13.0. The fourth-order valence-electron chi connectivity index (χ4n) is 3.45. The molecule has 2 N–H and O–H groups in total. The molecular weight excluding hydrogens is 284 g/mol. The molecule has 0 aromatic carbocycles. The van der Waals surface area contributed by atoms with Crippen LogP contribution in [0.15, 0.2) is 10.8 Å². The number of carboxylic acids is 2. The number of rotatable bonds is 11. The van der Waals surface area contributed by atoms with E-state index in [2.05, 4.69) is 20.8 Å². The average molecular weight is 314 g/mol. The number of carbonyl (C=O) groups is 2. The molecule has 0 heterocycles. The van der Waals surface area contributed by atoms with Crippen molar-refractivity contribution < 1.29 is 19.8 Å². The molecule has 0 aliphatic rings. The van der Waals surface area contributed by atoms with Gasteiger partial charge in [0, 0.05) is 10.8 Å². The second kappa shape index (κ2) is 9.76. The summed E-state index contributed by atoms with van der Waals surface area (Å²) in [7, 11) is -2.25. The minimum Gasteiger partial charge on any atom is -0.478 e. The third-order valence-electron chi connectivity index (χ3n) is 3.99. The standard InChI is InChI=1S/C16H30O4Si/c1-5-9-13(15(17)18)14(16(19)20)21(10-6-2,11-7-3)12-8-4/h5-12H2,1-4H3,(H,17,18)(H,19,20)/b14-13-. The van der Waals surface area contributed by atoms with E-state index in [1.807, 2.05) is 6.92 Å². The van der Waals surface area contributed by atoms with Crippen molar-refractivity contribution in [2.75, 3.05) is 0 Å². The SMILES string of the molecule is CCC/C(C(=O)O)=C(\C(=O)O)[Si](CCC)(CCC)CCC. The second-order valence-electron chi connectivity index (χ2n) is 5.74. The zero-order valence-corrected chi connectivity index (χ0v) is 14.9. The highest BCUT2D eigenvalue weighted by molar-refractivity contribution is 6.90. The van der Waals surface area contributed by atoms with Crippen LogP contribution in [0.1, 0.15) is 59.8 Å². The molecule has 0 unspecified atom stereocenters. The minimum absolute atomic E-state index is 0.159. The Labute approximate surface area is 129 Å². The maximum absolute atomic E-state index is 11.9. The molecule has 0 spiro atoms. The number of hydrogen-bond donors (Lipinski definition) is 2. The van der Waals surface area contributed by atoms with Gasteiger partial charge in [-0.3, -0.25) is 0 Å². The van der Waals surface area contributed by atoms with Crippen LogP contribution in [0.2, 0.25) is 18.1 Å². The average Bonchev–Trinajstić information content (AvgIpc) is 2.38. The Kier molecular flexibility index (Phi) is 9.25. The summed E-state index contributed by atoms with van der Waals surface area (Å²) >= 11 is 0. The highest BCUT2D eigenvalue weighted by Gasteiger charge is 2.41. The molecule has 0 aliphatic carbocycles. The fourth-order valence-corrected chi connectivity index (χ4v) is 9.15. The highest BCUT2D eigenvalue weighted by Crippen LogP contribution is 2.36. The first-order chi connectivity index (χ1) is 9.90. The largest absolute Gasteiger partial charge is 0.478 e. The summed E-state index contributed by atoms with van der Waals surface area (Å²) in [4.78, 5) is 23.5. The summed E-state index contributed by atoms with van der Waals surface area (Å²) in [6.07, 6.45) is 3.77. The molecule has 0 radical (unpaired) electrons. The predicted molar refractivity (Wildman–Crippen MR) is 88.3 cm³/mol. The van der Waals surface area contributed by atoms with E-state index in [0.717, 1.165) is 37.4 Å². The van der Waals surface area contributed by atoms with Crippen LogP contribution in [0.5, 0.6) is 0 Å². The van der Waals surface area contributed by atoms with Crippen molar-refractivity contribution >= 4 is 20.0 Å². The lowest BCUT2D eigenvalue weighted by Crippen LogP contribution is -2.42. The van der Waals surface area contributed by atoms with Gasteiger partial charge >= 0.3 is 11.9 Å². The van der Waals surface area contributed by atoms with E-state index in [0.29, 0.717) is 18.0 Å². The molecule has 0 saturated carbocycles. The molecule has 5 heteroatoms. The molecule has 0 fully saturated rings. The molecule has 0 saturated heterocycles. The Morgan fingerprint density at radius 2 is 1.19 bits per heavy atom. The topological polar surface area (TPSA) is 74.6 Å². The van der Waals surface area contributed by atoms with Gasteiger partial charge in [-0.25, -0.2) is 9.59 Å². The van der Waals surface area contributed by atoms with Crippen LogP contribution in [-0.4, -0.2) is 30.2 Å². The molecule has 0 amide bonds. The highest BCUT2D eigenvalue weighted by atomic mass is 28.3. The maximum atomic E-state index is 11.9. The third-order valence-corrected chi connectivity index (χ3v) is 9.94. The molecule has 0 atom stereocenters. The molecular formula is C16H30O4Si. The first-order valence-corrected chi connectivity index (χ1v) is 10.7. The van der Waals surface area contributed by atoms with Crippen LogP contribution in [0.25, 0.3) is 0 Å². The van der Waals surface area contributed by atoms with Crippen molar-refractivity contribution in [3.05, 3.63) is 10.8 Å². The van der Waals surface area contributed by atoms with Crippen molar-refractivity contribution in [1.82, 2.24) is 0 Å². The van der Waals surface area contributed by atoms with E-state index in [1.165, 1.54) is 0 Å². The van der Waals surface area contributed by atoms with Crippen LogP contribution in [-0.2, 0) is 9.59 Å². The van der Waals surface area contributed by atoms with Crippen molar-refractivity contribution in [2.24, 2.45) is 0 Å². The van der Waals surface area contributed by atoms with Gasteiger partial charge in [-0.15, -0.1) is 0 Å². The first-order valence-electron chi connectivity index (χ1n) is 8.10. The van der Waals surface area contributed by atoms with Crippen molar-refractivity contribution in [2.45, 2.75) is 77.9 Å². The lowest BCUT2D eigenvalue weighted by molar-refractivity contribution is -0.135. The number of hydrogen-bond acceptors (Lipinski definition) is 2. The van der Waals surface area contributed by atoms with Gasteiger partial charge in [0.15, 0.2) is 0 Å². The van der Waals surface area contributed by atoms with Crippen LogP contribution in [0, 0.1) is 0 Å². The zero-order valence-electron chi connectivity index (χ0n) is 13.9. The summed E-state index contributed by atoms with van der Waals surface area (Å²) in [6, 6.07) is 2.62. The lowest BCUT2D eigenvalue weighted by atomic mass is 10.1. The summed E-state index contributed by atoms with van der Waals surface area (Å²) in [5.41, 5.74) is 0.159. The summed E-state index contributed by atoms with van der Waals surface area (Å²) < 4.78 is 0. The quantitative estimate of drug-likeness (QED) is 0.436. The van der Waals surface area contributed by atoms with Crippen molar-refractivity contribution in [3.63, 3.8) is 0 Å². The number of carboxylic acid groups (broad SMARTS) is 2. The van der Waals surface area contributed by atoms with E-state index in [9.17, 15) is 19.8 Å². The van der Waals surface area contributed by atoms with Gasteiger partial charge in [-0.2, -0.15) is 0 Å². The summed E-state index contributed by atoms with van der Waals surface area (Å²) in [6.45, 7) is 8.08. The Bertz CT molecular complexity index is 371. The van der Waals surface area contributed by atoms with Gasteiger partial charge in [0.05, 0.1) is 8.07 Å². The van der Waals surface area contributed by atoms with Crippen LogP contribution < -0.4 is 0 Å². The summed E-state index contributed by atoms with van der Waals surface area (Å²) in [5.74, 6) is -2.04. The van der Waals surface area contributed by atoms with Crippen molar-refractivity contribution in [3.8, 4) is 0 Å². The smallest absolute Gasteiger partial charge is 0.331 e. The maximum Gasteiger partial charge on any atom is 0.331 e. The molecule has 0 aromatic heterocycles. The van der Waals surface area contributed by atoms with Crippen molar-refractivity contribution in [1.29, 1.82) is 0 Å². The van der Waals surface area contributed by atoms with E-state index in [-0.39, 0.29) is 5.57 Å². The van der Waals surface area contributed by atoms with Gasteiger partial charge in [0.2, 0.25) is 0 Å². The van der Waals surface area contributed by atoms with Gasteiger partial charge in [0.1, 0.15) is 0 Å². The van der Waals surface area contributed by atoms with E-state index >= 15 is 0 Å². The van der Waals surface area contributed by atoms with Gasteiger partial charge in [-0.05, 0) is 6.42 Å². The Morgan fingerprint density at radius 1 is 0.762 bits per heavy atom. The van der Waals surface area contributed by atoms with E-state index in [1.54, 1.807) is 0 Å². The Balaban J connectivity index is 6.19. The Hall–Kier alpha value is -1.10. The van der Waals surface area contributed by atoms with Gasteiger partial charge < -0.3 is 10.2 Å². The van der Waals surface area contributed by atoms with E-state index in [4.69, 9.17) is 0 Å². The molecule has 0 rings (SSSR count). The third kappa shape index (κ3) is 5.30. The van der Waals surface area contributed by atoms with E-state index < -0.39 is 20.0 Å². The fraction of sp³-hybridized carbons (Fsp3) is 0.750. The molecule has 0 bridgehead atoms. The van der Waals surface area contributed by atoms with Crippen LogP contribution >= 0.6 is 0 Å². The van der Waals surface area contributed by atoms with Crippen LogP contribution in [0.3, 0.4) is 0 Å². The molecule has 0 aromatic rings. The van der Waals surface area contributed by atoms with Crippen LogP contribution in [0.4, 0.5) is 0 Å².